The molecule has 0 aliphatic heterocycles. The second-order valence-corrected chi connectivity index (χ2v) is 3.94. The number of halogens is 4. The molecule has 0 atom stereocenters. The molecule has 0 bridgehead atoms. The van der Waals surface area contributed by atoms with E-state index in [9.17, 15) is 8.78 Å². The van der Waals surface area contributed by atoms with Gasteiger partial charge in [0.15, 0.2) is 0 Å². The van der Waals surface area contributed by atoms with E-state index in [1.165, 1.54) is 6.20 Å². The van der Waals surface area contributed by atoms with Crippen LogP contribution in [0.3, 0.4) is 0 Å². The van der Waals surface area contributed by atoms with Gasteiger partial charge in [-0.1, -0.05) is 0 Å². The van der Waals surface area contributed by atoms with Crippen molar-refractivity contribution in [3.63, 3.8) is 0 Å². The van der Waals surface area contributed by atoms with Crippen LogP contribution in [0.1, 0.15) is 12.0 Å². The molecule has 0 unspecified atom stereocenters. The minimum absolute atomic E-state index is 0.0903. The highest BCUT2D eigenvalue weighted by Gasteiger charge is 2.17. The fourth-order valence-electron chi connectivity index (χ4n) is 0.700. The molecule has 0 aliphatic carbocycles. The third-order valence-corrected chi connectivity index (χ3v) is 2.77. The van der Waals surface area contributed by atoms with Gasteiger partial charge >= 0.3 is 0 Å². The van der Waals surface area contributed by atoms with Crippen molar-refractivity contribution in [3.8, 4) is 0 Å². The lowest BCUT2D eigenvalue weighted by molar-refractivity contribution is 0.151. The number of aromatic nitrogens is 1. The zero-order valence-corrected chi connectivity index (χ0v) is 9.43. The van der Waals surface area contributed by atoms with Crippen LogP contribution in [0.25, 0.3) is 0 Å². The van der Waals surface area contributed by atoms with E-state index in [2.05, 4.69) is 20.9 Å². The van der Waals surface area contributed by atoms with Gasteiger partial charge in [0, 0.05) is 6.20 Å². The number of hydrogen-bond acceptors (Lipinski definition) is 2. The van der Waals surface area contributed by atoms with Gasteiger partial charge in [0.05, 0.1) is 14.8 Å². The van der Waals surface area contributed by atoms with E-state index < -0.39 is 6.43 Å². The summed E-state index contributed by atoms with van der Waals surface area (Å²) in [5.74, 6) is 0. The lowest BCUT2D eigenvalue weighted by atomic mass is 10.2. The Hall–Kier alpha value is 0.0200. The Labute approximate surface area is 89.8 Å². The molecule has 0 radical (unpaired) electrons. The summed E-state index contributed by atoms with van der Waals surface area (Å²) in [6.45, 7) is 0. The van der Waals surface area contributed by atoms with Crippen LogP contribution in [-0.4, -0.2) is 4.98 Å². The predicted molar refractivity (Wildman–Crippen MR) is 54.0 cm³/mol. The molecule has 2 nitrogen and oxygen atoms in total. The van der Waals surface area contributed by atoms with Crippen molar-refractivity contribution in [1.29, 1.82) is 0 Å². The summed E-state index contributed by atoms with van der Waals surface area (Å²) < 4.78 is 25.3. The molecule has 1 aromatic rings. The van der Waals surface area contributed by atoms with Gasteiger partial charge in [0.1, 0.15) is 4.60 Å². The Morgan fingerprint density at radius 2 is 2.17 bits per heavy atom. The molecule has 0 spiro atoms. The van der Waals surface area contributed by atoms with Crippen LogP contribution >= 0.6 is 38.5 Å². The number of rotatable bonds is 1. The Kier molecular flexibility index (Phi) is 3.22. The van der Waals surface area contributed by atoms with E-state index in [-0.39, 0.29) is 15.9 Å². The number of nitrogen functional groups attached to an aromatic ring is 1. The highest BCUT2D eigenvalue weighted by Crippen LogP contribution is 2.33. The first-order chi connectivity index (χ1) is 5.54. The average Bonchev–Trinajstić information content (AvgIpc) is 1.97. The van der Waals surface area contributed by atoms with Gasteiger partial charge in [-0.15, -0.1) is 0 Å². The van der Waals surface area contributed by atoms with E-state index in [0.717, 1.165) is 0 Å². The summed E-state index contributed by atoms with van der Waals surface area (Å²) in [5.41, 5.74) is 5.28. The molecular weight excluding hydrogens is 345 g/mol. The van der Waals surface area contributed by atoms with Crippen molar-refractivity contribution in [2.24, 2.45) is 0 Å². The minimum Gasteiger partial charge on any atom is -0.397 e. The van der Waals surface area contributed by atoms with Crippen molar-refractivity contribution in [2.45, 2.75) is 6.43 Å². The van der Waals surface area contributed by atoms with Gasteiger partial charge in [0.25, 0.3) is 6.43 Å². The first-order valence-corrected chi connectivity index (χ1v) is 4.78. The molecule has 0 fully saturated rings. The second kappa shape index (κ2) is 3.82. The molecule has 1 rings (SSSR count). The number of nitrogens with two attached hydrogens (primary N) is 1. The lowest BCUT2D eigenvalue weighted by Crippen LogP contribution is -2.00. The average molecular weight is 349 g/mol. The van der Waals surface area contributed by atoms with Crippen LogP contribution < -0.4 is 5.73 Å². The molecule has 0 aliphatic rings. The largest absolute Gasteiger partial charge is 0.397 e. The molecule has 0 saturated carbocycles. The van der Waals surface area contributed by atoms with E-state index in [4.69, 9.17) is 5.73 Å². The van der Waals surface area contributed by atoms with Crippen molar-refractivity contribution in [3.05, 3.63) is 19.9 Å². The van der Waals surface area contributed by atoms with Gasteiger partial charge < -0.3 is 5.73 Å². The molecule has 1 heterocycles. The highest BCUT2D eigenvalue weighted by atomic mass is 127. The van der Waals surface area contributed by atoms with Crippen molar-refractivity contribution < 1.29 is 8.78 Å². The van der Waals surface area contributed by atoms with Crippen LogP contribution in [0.5, 0.6) is 0 Å². The molecule has 12 heavy (non-hydrogen) atoms. The summed E-state index contributed by atoms with van der Waals surface area (Å²) in [6.07, 6.45) is -1.16. The number of anilines is 1. The third-order valence-electron chi connectivity index (χ3n) is 1.28. The highest BCUT2D eigenvalue weighted by molar-refractivity contribution is 14.1. The van der Waals surface area contributed by atoms with Gasteiger partial charge in [0.2, 0.25) is 0 Å². The Balaban J connectivity index is 3.33. The molecule has 0 aromatic carbocycles. The van der Waals surface area contributed by atoms with Crippen LogP contribution in [0.15, 0.2) is 10.8 Å². The Bertz CT molecular complexity index is 306. The topological polar surface area (TPSA) is 38.9 Å². The van der Waals surface area contributed by atoms with Crippen LogP contribution in [0.2, 0.25) is 0 Å². The standard InChI is InChI=1S/C6H4BrF2IN2/c7-5-3(6(8)9)4(11)2(10)1-12-5/h1,6H,(H2,11,12). The molecular formula is C6H4BrF2IN2. The van der Waals surface area contributed by atoms with Crippen LogP contribution in [0.4, 0.5) is 14.5 Å². The van der Waals surface area contributed by atoms with Crippen LogP contribution in [0, 0.1) is 3.57 Å². The molecule has 0 amide bonds. The van der Waals surface area contributed by atoms with Gasteiger partial charge in [-0.05, 0) is 38.5 Å². The number of pyridine rings is 1. The quantitative estimate of drug-likeness (QED) is 0.626. The first kappa shape index (κ1) is 10.1. The third kappa shape index (κ3) is 1.85. The fraction of sp³-hybridized carbons (Fsp3) is 0.167. The van der Waals surface area contributed by atoms with Crippen LogP contribution in [-0.2, 0) is 0 Å². The van der Waals surface area contributed by atoms with E-state index in [1.807, 2.05) is 22.6 Å². The molecule has 1 aromatic heterocycles. The Morgan fingerprint density at radius 3 is 2.58 bits per heavy atom. The summed E-state index contributed by atoms with van der Waals surface area (Å²) in [4.78, 5) is 3.71. The molecule has 6 heteroatoms. The zero-order chi connectivity index (χ0) is 9.30. The summed E-state index contributed by atoms with van der Waals surface area (Å²) in [6, 6.07) is 0. The molecule has 66 valence electrons. The smallest absolute Gasteiger partial charge is 0.268 e. The maximum atomic E-state index is 12.3. The number of nitrogens with zero attached hydrogens (tertiary/aromatic N) is 1. The monoisotopic (exact) mass is 348 g/mol. The zero-order valence-electron chi connectivity index (χ0n) is 5.69. The maximum Gasteiger partial charge on any atom is 0.268 e. The van der Waals surface area contributed by atoms with E-state index in [1.54, 1.807) is 0 Å². The van der Waals surface area contributed by atoms with Crippen molar-refractivity contribution in [1.82, 2.24) is 4.98 Å². The number of hydrogen-bond donors (Lipinski definition) is 1. The van der Waals surface area contributed by atoms with E-state index >= 15 is 0 Å². The van der Waals surface area contributed by atoms with E-state index in [0.29, 0.717) is 3.57 Å². The van der Waals surface area contributed by atoms with Gasteiger partial charge in [-0.3, -0.25) is 0 Å². The number of alkyl halides is 2. The lowest BCUT2D eigenvalue weighted by Gasteiger charge is -2.07. The van der Waals surface area contributed by atoms with Crippen molar-refractivity contribution in [2.75, 3.05) is 5.73 Å². The predicted octanol–water partition coefficient (Wildman–Crippen LogP) is 2.97. The Morgan fingerprint density at radius 1 is 1.58 bits per heavy atom. The molecule has 0 saturated heterocycles. The van der Waals surface area contributed by atoms with Gasteiger partial charge in [-0.2, -0.15) is 0 Å². The summed E-state index contributed by atoms with van der Waals surface area (Å²) >= 11 is 4.77. The summed E-state index contributed by atoms with van der Waals surface area (Å²) in [7, 11) is 0. The SMILES string of the molecule is Nc1c(I)cnc(Br)c1C(F)F. The minimum atomic E-state index is -2.60. The fourth-order valence-corrected chi connectivity index (χ4v) is 1.62. The maximum absolute atomic E-state index is 12.3. The summed E-state index contributed by atoms with van der Waals surface area (Å²) in [5, 5.41) is 0. The molecule has 2 N–H and O–H groups in total. The second-order valence-electron chi connectivity index (χ2n) is 2.02. The normalized spacial score (nSPS) is 10.8. The van der Waals surface area contributed by atoms with Gasteiger partial charge in [-0.25, -0.2) is 13.8 Å². The van der Waals surface area contributed by atoms with Crippen molar-refractivity contribution >= 4 is 44.2 Å². The first-order valence-electron chi connectivity index (χ1n) is 2.91.